The van der Waals surface area contributed by atoms with E-state index in [1.54, 1.807) is 0 Å². The molecule has 0 saturated heterocycles. The molecule has 0 aromatic carbocycles. The number of rotatable bonds is 22. The van der Waals surface area contributed by atoms with Crippen LogP contribution in [-0.2, 0) is 73.0 Å². The smallest absolute Gasteiger partial charge is 0.330 e. The van der Waals surface area contributed by atoms with Crippen molar-refractivity contribution in [3.05, 3.63) is 0 Å². The zero-order valence-corrected chi connectivity index (χ0v) is 55.9. The third-order valence-electron chi connectivity index (χ3n) is 4.27. The Morgan fingerprint density at radius 2 is 0.214 bits per heavy atom. The molecular formula is C16H72N4O48P16. The molecule has 0 bridgehead atoms. The van der Waals surface area contributed by atoms with E-state index in [-0.39, 0.29) is 0 Å². The summed E-state index contributed by atoms with van der Waals surface area (Å²) in [6, 6.07) is 0. The van der Waals surface area contributed by atoms with Crippen LogP contribution in [0.25, 0.3) is 0 Å². The maximum absolute atomic E-state index is 9.85. The van der Waals surface area contributed by atoms with E-state index in [4.69, 9.17) is 180 Å². The van der Waals surface area contributed by atoms with Crippen molar-refractivity contribution in [2.24, 2.45) is 22.9 Å². The first-order valence-electron chi connectivity index (χ1n) is 19.0. The van der Waals surface area contributed by atoms with Gasteiger partial charge in [-0.2, -0.15) is 0 Å². The lowest BCUT2D eigenvalue weighted by Crippen LogP contribution is -2.11. The van der Waals surface area contributed by atoms with Crippen LogP contribution < -0.4 is 22.9 Å². The number of nitrogens with two attached hydrogens (primary N) is 4. The van der Waals surface area contributed by atoms with Gasteiger partial charge in [0.05, 0.1) is 0 Å². The molecule has 0 atom stereocenters. The van der Waals surface area contributed by atoms with Crippen molar-refractivity contribution in [3.8, 4) is 0 Å². The third kappa shape index (κ3) is 185. The predicted molar refractivity (Wildman–Crippen MR) is 286 cm³/mol. The topological polar surface area (TPSA) is 1020 Å². The molecule has 0 aliphatic carbocycles. The van der Waals surface area contributed by atoms with Gasteiger partial charge < -0.3 is 180 Å². The van der Waals surface area contributed by atoms with Crippen molar-refractivity contribution in [3.63, 3.8) is 0 Å². The van der Waals surface area contributed by atoms with Crippen LogP contribution >= 0.6 is 122 Å². The first kappa shape index (κ1) is 108. The highest BCUT2D eigenvalue weighted by molar-refractivity contribution is 7.72. The van der Waals surface area contributed by atoms with Crippen LogP contribution in [0.3, 0.4) is 0 Å². The van der Waals surface area contributed by atoms with Crippen molar-refractivity contribution in [1.82, 2.24) is 0 Å². The molecule has 0 spiro atoms. The molecule has 0 heterocycles. The van der Waals surface area contributed by atoms with E-state index in [0.29, 0.717) is 13.1 Å². The quantitative estimate of drug-likeness (QED) is 0.0354. The highest BCUT2D eigenvalue weighted by Gasteiger charge is 2.31. The Bertz CT molecular complexity index is 1890. The molecule has 0 unspecified atom stereocenters. The molecule has 0 amide bonds. The molecule has 0 aromatic heterocycles. The average molecular weight is 1580 g/mol. The average Bonchev–Trinajstić information content (AvgIpc) is 2.99. The van der Waals surface area contributed by atoms with Crippen LogP contribution in [0.4, 0.5) is 0 Å². The van der Waals surface area contributed by atoms with E-state index < -0.39 is 169 Å². The van der Waals surface area contributed by atoms with E-state index in [2.05, 4.69) is 0 Å². The molecule has 0 aliphatic rings. The second-order valence-electron chi connectivity index (χ2n) is 14.3. The van der Waals surface area contributed by atoms with Crippen LogP contribution in [0.15, 0.2) is 0 Å². The van der Waals surface area contributed by atoms with Crippen LogP contribution in [0.2, 0.25) is 0 Å². The van der Waals surface area contributed by atoms with Gasteiger partial charge in [0.15, 0.2) is 47.2 Å². The number of unbranched alkanes of at least 4 members (excludes halogenated alkanes) is 3. The maximum Gasteiger partial charge on any atom is 0.337 e. The minimum atomic E-state index is -4.55. The normalized spacial score (nSPS) is 13.1. The fraction of sp³-hybridized carbons (Fsp3) is 1.00. The Morgan fingerprint density at radius 3 is 0.238 bits per heavy atom. The summed E-state index contributed by atoms with van der Waals surface area (Å²) in [5, 5.41) is 0. The first-order valence-corrected chi connectivity index (χ1v) is 47.8. The number of hydrogen-bond acceptors (Lipinski definition) is 20. The van der Waals surface area contributed by atoms with Gasteiger partial charge >= 0.3 is 122 Å². The summed E-state index contributed by atoms with van der Waals surface area (Å²) in [5.74, 6) is -11.0. The van der Waals surface area contributed by atoms with Crippen LogP contribution in [0, 0.1) is 0 Å². The summed E-state index contributed by atoms with van der Waals surface area (Å²) in [7, 11) is -72.8. The van der Waals surface area contributed by atoms with E-state index in [1.807, 2.05) is 0 Å². The van der Waals surface area contributed by atoms with Gasteiger partial charge in [0.1, 0.15) is 0 Å². The molecule has 52 nitrogen and oxygen atoms in total. The van der Waals surface area contributed by atoms with Crippen molar-refractivity contribution in [1.29, 1.82) is 0 Å². The van der Waals surface area contributed by atoms with Crippen molar-refractivity contribution in [2.45, 2.75) is 25.7 Å². The van der Waals surface area contributed by atoms with Gasteiger partial charge in [-0.25, -0.2) is 0 Å². The largest absolute Gasteiger partial charge is 0.337 e. The Morgan fingerprint density at radius 1 is 0.143 bits per heavy atom. The Labute approximate surface area is 471 Å². The SMILES string of the molecule is NCCCCCCN.NCCN.O=P(O)(O)CP(=O)(O)O.O=P(O)(O)CP(=O)(O)O.O=P(O)(O)CP(=O)(O)O.O=P(O)(O)CP(=O)(O)O.O=P(O)(O)CP(=O)(O)O.O=P(O)(O)CP(=O)(O)O.O=P(O)(O)CP(=O)(O)O.O=P(O)(O)CP(=O)(O)O. The molecule has 68 heteroatoms. The molecule has 0 rings (SSSR count). The fourth-order valence-electron chi connectivity index (χ4n) is 2.56. The monoisotopic (exact) mass is 1580 g/mol. The lowest BCUT2D eigenvalue weighted by molar-refractivity contribution is 0.352. The maximum atomic E-state index is 9.85. The van der Waals surface area contributed by atoms with Gasteiger partial charge in [-0.05, 0) is 25.9 Å². The Hall–Kier alpha value is 2.24. The number of hydrogen-bond donors (Lipinski definition) is 36. The van der Waals surface area contributed by atoms with Crippen LogP contribution in [-0.4, -0.2) is 230 Å². The summed E-state index contributed by atoms with van der Waals surface area (Å²) < 4.78 is 158. The lowest BCUT2D eigenvalue weighted by atomic mass is 10.2. The molecule has 0 aliphatic heterocycles. The van der Waals surface area contributed by atoms with Crippen molar-refractivity contribution in [2.75, 3.05) is 73.4 Å². The Balaban J connectivity index is -0.0000000909. The van der Waals surface area contributed by atoms with Crippen LogP contribution in [0.1, 0.15) is 25.7 Å². The van der Waals surface area contributed by atoms with Crippen molar-refractivity contribution >= 4 is 122 Å². The summed E-state index contributed by atoms with van der Waals surface area (Å²) in [6.07, 6.45) is 4.79. The second kappa shape index (κ2) is 46.3. The summed E-state index contributed by atoms with van der Waals surface area (Å²) in [4.78, 5) is 255. The highest BCUT2D eigenvalue weighted by atomic mass is 31.3. The molecule has 0 aromatic rings. The molecule has 0 saturated carbocycles. The molecule has 84 heavy (non-hydrogen) atoms. The summed E-state index contributed by atoms with van der Waals surface area (Å²) in [5.41, 5.74) is 20.4. The lowest BCUT2D eigenvalue weighted by Gasteiger charge is -2.03. The molecule has 0 fully saturated rings. The minimum Gasteiger partial charge on any atom is -0.330 e. The molecule has 40 N–H and O–H groups in total. The van der Waals surface area contributed by atoms with Gasteiger partial charge in [0.25, 0.3) is 0 Å². The van der Waals surface area contributed by atoms with Gasteiger partial charge in [-0.1, -0.05) is 12.8 Å². The third-order valence-corrected chi connectivity index (χ3v) is 27.9. The minimum absolute atomic E-state index is 0.597. The summed E-state index contributed by atoms with van der Waals surface area (Å²) >= 11 is 0. The Kier molecular flexibility index (Phi) is 59.5. The first-order chi connectivity index (χ1) is 35.5. The zero-order valence-electron chi connectivity index (χ0n) is 41.6. The summed E-state index contributed by atoms with van der Waals surface area (Å²) in [6.45, 7) is 2.84. The van der Waals surface area contributed by atoms with E-state index in [9.17, 15) is 73.0 Å². The van der Waals surface area contributed by atoms with Gasteiger partial charge in [-0.15, -0.1) is 0 Å². The van der Waals surface area contributed by atoms with E-state index >= 15 is 0 Å². The molecule has 524 valence electrons. The fourth-order valence-corrected chi connectivity index (χ4v) is 17.9. The van der Waals surface area contributed by atoms with E-state index in [1.165, 1.54) is 12.8 Å². The highest BCUT2D eigenvalue weighted by Crippen LogP contribution is 2.56. The van der Waals surface area contributed by atoms with E-state index in [0.717, 1.165) is 25.9 Å². The molecule has 0 radical (unpaired) electrons. The van der Waals surface area contributed by atoms with Gasteiger partial charge in [0.2, 0.25) is 0 Å². The van der Waals surface area contributed by atoms with Crippen molar-refractivity contribution < 1.29 is 230 Å². The zero-order chi connectivity index (χ0) is 71.3. The van der Waals surface area contributed by atoms with Gasteiger partial charge in [-0.3, -0.25) is 73.0 Å². The standard InChI is InChI=1S/C6H16N2.C2H8N2.8CH6O6P2/c7-5-3-1-2-4-6-8;3-1-2-4;8*2-8(3,4)1-9(5,6)7/h1-8H2;1-4H2;8*1H2,(H2,2,3,4)(H2,5,6,7). The van der Waals surface area contributed by atoms with Gasteiger partial charge in [0, 0.05) is 13.1 Å². The predicted octanol–water partition coefficient (Wildman–Crippen LogP) is -6.24. The van der Waals surface area contributed by atoms with Crippen LogP contribution in [0.5, 0.6) is 0 Å². The molecular weight excluding hydrogens is 1510 g/mol. The second-order valence-corrected chi connectivity index (χ2v) is 44.7.